The molecule has 1 amide bonds. The summed E-state index contributed by atoms with van der Waals surface area (Å²) in [4.78, 5) is 17.1. The fraction of sp³-hybridized carbons (Fsp3) is 0.200. The molecule has 2 heterocycles. The molecule has 7 nitrogen and oxygen atoms in total. The van der Waals surface area contributed by atoms with Crippen molar-refractivity contribution in [2.24, 2.45) is 0 Å². The standard InChI is InChI=1S/C20H17FN2O5S/c1-25-15-4-3-12(21)9-13(15)14-10-29-20(22-14)23-19(24)11-7-16(26-2)18-17(8-11)27-5-6-28-18/h3-4,7-10H,5-6H2,1-2H3,(H,22,23,24). The minimum Gasteiger partial charge on any atom is -0.496 e. The van der Waals surface area contributed by atoms with Crippen LogP contribution in [0.1, 0.15) is 10.4 Å². The van der Waals surface area contributed by atoms with Crippen molar-refractivity contribution in [3.05, 3.63) is 47.1 Å². The third-order valence-electron chi connectivity index (χ3n) is 4.25. The van der Waals surface area contributed by atoms with Crippen molar-refractivity contribution in [1.82, 2.24) is 4.98 Å². The van der Waals surface area contributed by atoms with Crippen molar-refractivity contribution in [1.29, 1.82) is 0 Å². The quantitative estimate of drug-likeness (QED) is 0.678. The summed E-state index contributed by atoms with van der Waals surface area (Å²) >= 11 is 1.22. The van der Waals surface area contributed by atoms with Gasteiger partial charge in [-0.3, -0.25) is 10.1 Å². The molecule has 3 aromatic rings. The number of rotatable bonds is 5. The number of anilines is 1. The minimum absolute atomic E-state index is 0.339. The van der Waals surface area contributed by atoms with Gasteiger partial charge in [0.15, 0.2) is 16.6 Å². The van der Waals surface area contributed by atoms with Crippen LogP contribution in [0.3, 0.4) is 0 Å². The van der Waals surface area contributed by atoms with Gasteiger partial charge >= 0.3 is 0 Å². The molecule has 0 bridgehead atoms. The Balaban J connectivity index is 1.58. The molecule has 9 heteroatoms. The Morgan fingerprint density at radius 3 is 2.72 bits per heavy atom. The number of nitrogens with zero attached hydrogens (tertiary/aromatic N) is 1. The van der Waals surface area contributed by atoms with Crippen LogP contribution >= 0.6 is 11.3 Å². The Hall–Kier alpha value is -3.33. The van der Waals surface area contributed by atoms with Crippen molar-refractivity contribution in [2.45, 2.75) is 0 Å². The molecule has 1 aliphatic rings. The predicted octanol–water partition coefficient (Wildman–Crippen LogP) is 3.99. The molecule has 1 aliphatic heterocycles. The molecule has 0 fully saturated rings. The number of amides is 1. The highest BCUT2D eigenvalue weighted by molar-refractivity contribution is 7.14. The number of nitrogens with one attached hydrogen (secondary N) is 1. The van der Waals surface area contributed by atoms with Crippen LogP contribution in [0.15, 0.2) is 35.7 Å². The monoisotopic (exact) mass is 416 g/mol. The summed E-state index contributed by atoms with van der Waals surface area (Å²) in [5.74, 6) is 1.05. The van der Waals surface area contributed by atoms with Gasteiger partial charge in [0.25, 0.3) is 5.91 Å². The zero-order chi connectivity index (χ0) is 20.4. The smallest absolute Gasteiger partial charge is 0.257 e. The molecular weight excluding hydrogens is 399 g/mol. The maximum Gasteiger partial charge on any atom is 0.257 e. The molecule has 2 aromatic carbocycles. The highest BCUT2D eigenvalue weighted by Gasteiger charge is 2.21. The van der Waals surface area contributed by atoms with Crippen molar-refractivity contribution in [3.63, 3.8) is 0 Å². The van der Waals surface area contributed by atoms with Crippen LogP contribution in [0.25, 0.3) is 11.3 Å². The Morgan fingerprint density at radius 2 is 1.93 bits per heavy atom. The summed E-state index contributed by atoms with van der Waals surface area (Å²) in [5.41, 5.74) is 1.35. The van der Waals surface area contributed by atoms with Crippen LogP contribution in [0, 0.1) is 5.82 Å². The van der Waals surface area contributed by atoms with Gasteiger partial charge in [0, 0.05) is 16.5 Å². The molecule has 0 saturated heterocycles. The maximum absolute atomic E-state index is 13.6. The van der Waals surface area contributed by atoms with Gasteiger partial charge in [0.1, 0.15) is 24.8 Å². The van der Waals surface area contributed by atoms with Crippen LogP contribution < -0.4 is 24.3 Å². The van der Waals surface area contributed by atoms with E-state index in [0.717, 1.165) is 0 Å². The topological polar surface area (TPSA) is 78.9 Å². The third-order valence-corrected chi connectivity index (χ3v) is 5.01. The van der Waals surface area contributed by atoms with Gasteiger partial charge in [-0.2, -0.15) is 0 Å². The molecule has 0 saturated carbocycles. The van der Waals surface area contributed by atoms with Crippen LogP contribution in [-0.4, -0.2) is 38.3 Å². The second-order valence-electron chi connectivity index (χ2n) is 6.04. The molecular formula is C20H17FN2O5S. The van der Waals surface area contributed by atoms with E-state index < -0.39 is 5.82 Å². The van der Waals surface area contributed by atoms with Crippen molar-refractivity contribution in [3.8, 4) is 34.3 Å². The van der Waals surface area contributed by atoms with E-state index in [1.807, 2.05) is 0 Å². The first kappa shape index (κ1) is 19.0. The van der Waals surface area contributed by atoms with Gasteiger partial charge in [0.05, 0.1) is 19.9 Å². The summed E-state index contributed by atoms with van der Waals surface area (Å²) in [5, 5.41) is 4.83. The van der Waals surface area contributed by atoms with E-state index in [1.165, 1.54) is 43.8 Å². The van der Waals surface area contributed by atoms with Crippen LogP contribution in [0.4, 0.5) is 9.52 Å². The minimum atomic E-state index is -0.400. The number of methoxy groups -OCH3 is 2. The van der Waals surface area contributed by atoms with E-state index in [-0.39, 0.29) is 5.91 Å². The van der Waals surface area contributed by atoms with E-state index in [0.29, 0.717) is 58.2 Å². The number of hydrogen-bond donors (Lipinski definition) is 1. The second kappa shape index (κ2) is 7.96. The second-order valence-corrected chi connectivity index (χ2v) is 6.90. The number of hydrogen-bond acceptors (Lipinski definition) is 7. The number of carbonyl (C=O) groups excluding carboxylic acids is 1. The lowest BCUT2D eigenvalue weighted by atomic mass is 10.1. The highest BCUT2D eigenvalue weighted by Crippen LogP contribution is 2.40. The molecule has 0 radical (unpaired) electrons. The Morgan fingerprint density at radius 1 is 1.14 bits per heavy atom. The zero-order valence-electron chi connectivity index (χ0n) is 15.7. The molecule has 0 unspecified atom stereocenters. The van der Waals surface area contributed by atoms with Crippen LogP contribution in [0.2, 0.25) is 0 Å². The number of halogens is 1. The number of ether oxygens (including phenoxy) is 4. The molecule has 4 rings (SSSR count). The Bertz CT molecular complexity index is 1050. The number of carbonyl (C=O) groups is 1. The van der Waals surface area contributed by atoms with E-state index >= 15 is 0 Å². The lowest BCUT2D eigenvalue weighted by Crippen LogP contribution is -2.18. The first-order valence-electron chi connectivity index (χ1n) is 8.67. The number of benzene rings is 2. The van der Waals surface area contributed by atoms with Crippen molar-refractivity contribution in [2.75, 3.05) is 32.8 Å². The predicted molar refractivity (Wildman–Crippen MR) is 106 cm³/mol. The average molecular weight is 416 g/mol. The molecule has 29 heavy (non-hydrogen) atoms. The summed E-state index contributed by atoms with van der Waals surface area (Å²) in [6.07, 6.45) is 0. The lowest BCUT2D eigenvalue weighted by molar-refractivity contribution is 0.102. The average Bonchev–Trinajstić information content (AvgIpc) is 3.21. The maximum atomic E-state index is 13.6. The molecule has 1 aromatic heterocycles. The van der Waals surface area contributed by atoms with E-state index in [9.17, 15) is 9.18 Å². The van der Waals surface area contributed by atoms with Gasteiger partial charge in [-0.15, -0.1) is 11.3 Å². The van der Waals surface area contributed by atoms with Crippen LogP contribution in [0.5, 0.6) is 23.0 Å². The largest absolute Gasteiger partial charge is 0.496 e. The van der Waals surface area contributed by atoms with E-state index in [2.05, 4.69) is 10.3 Å². The summed E-state index contributed by atoms with van der Waals surface area (Å²) in [6.45, 7) is 0.812. The SMILES string of the molecule is COc1ccc(F)cc1-c1csc(NC(=O)c2cc(OC)c3c(c2)OCCO3)n1. The van der Waals surface area contributed by atoms with Gasteiger partial charge in [-0.25, -0.2) is 9.37 Å². The molecule has 0 spiro atoms. The van der Waals surface area contributed by atoms with Gasteiger partial charge in [-0.05, 0) is 30.3 Å². The third kappa shape index (κ3) is 3.81. The number of thiazole rings is 1. The molecule has 0 atom stereocenters. The van der Waals surface area contributed by atoms with E-state index in [1.54, 1.807) is 17.5 Å². The normalized spacial score (nSPS) is 12.4. The van der Waals surface area contributed by atoms with Gasteiger partial charge in [-0.1, -0.05) is 0 Å². The molecule has 1 N–H and O–H groups in total. The number of fused-ring (bicyclic) bond motifs is 1. The highest BCUT2D eigenvalue weighted by atomic mass is 32.1. The van der Waals surface area contributed by atoms with Crippen molar-refractivity contribution >= 4 is 22.4 Å². The summed E-state index contributed by atoms with van der Waals surface area (Å²) in [7, 11) is 3.00. The number of aromatic nitrogens is 1. The first-order valence-corrected chi connectivity index (χ1v) is 9.55. The molecule has 150 valence electrons. The fourth-order valence-corrected chi connectivity index (χ4v) is 3.61. The Labute approximate surface area is 170 Å². The summed E-state index contributed by atoms with van der Waals surface area (Å²) < 4.78 is 35.3. The Kier molecular flexibility index (Phi) is 5.22. The lowest BCUT2D eigenvalue weighted by Gasteiger charge is -2.21. The van der Waals surface area contributed by atoms with Crippen LogP contribution in [-0.2, 0) is 0 Å². The first-order chi connectivity index (χ1) is 14.1. The van der Waals surface area contributed by atoms with Crippen molar-refractivity contribution < 1.29 is 28.1 Å². The zero-order valence-corrected chi connectivity index (χ0v) is 16.5. The molecule has 0 aliphatic carbocycles. The summed E-state index contributed by atoms with van der Waals surface area (Å²) in [6, 6.07) is 7.35. The van der Waals surface area contributed by atoms with E-state index in [4.69, 9.17) is 18.9 Å². The van der Waals surface area contributed by atoms with Gasteiger partial charge in [0.2, 0.25) is 5.75 Å². The fourth-order valence-electron chi connectivity index (χ4n) is 2.91. The van der Waals surface area contributed by atoms with Gasteiger partial charge < -0.3 is 18.9 Å².